The Balaban J connectivity index is 1.68. The van der Waals surface area contributed by atoms with Crippen molar-refractivity contribution in [3.8, 4) is 0 Å². The summed E-state index contributed by atoms with van der Waals surface area (Å²) in [5.41, 5.74) is 1.14. The molecule has 1 aliphatic heterocycles. The minimum absolute atomic E-state index is 0.167. The second-order valence-corrected chi connectivity index (χ2v) is 5.33. The smallest absolute Gasteiger partial charge is 0.252 e. The maximum absolute atomic E-state index is 13.2. The minimum Gasteiger partial charge on any atom is -0.381 e. The fourth-order valence-electron chi connectivity index (χ4n) is 2.52. The first-order valence-electron chi connectivity index (χ1n) is 7.13. The van der Waals surface area contributed by atoms with Crippen LogP contribution in [0.15, 0.2) is 30.5 Å². The van der Waals surface area contributed by atoms with Crippen molar-refractivity contribution in [3.63, 3.8) is 0 Å². The van der Waals surface area contributed by atoms with Gasteiger partial charge in [-0.05, 0) is 43.0 Å². The molecule has 0 saturated carbocycles. The second kappa shape index (κ2) is 6.18. The van der Waals surface area contributed by atoms with Crippen LogP contribution in [-0.4, -0.2) is 30.6 Å². The predicted octanol–water partition coefficient (Wildman–Crippen LogP) is 2.53. The molecule has 5 heteroatoms. The first-order chi connectivity index (χ1) is 10.2. The van der Waals surface area contributed by atoms with Crippen LogP contribution in [0.1, 0.15) is 23.2 Å². The van der Waals surface area contributed by atoms with E-state index in [1.165, 1.54) is 18.3 Å². The van der Waals surface area contributed by atoms with Gasteiger partial charge in [0.15, 0.2) is 0 Å². The Morgan fingerprint density at radius 3 is 2.95 bits per heavy atom. The fraction of sp³-hybridized carbons (Fsp3) is 0.375. The summed E-state index contributed by atoms with van der Waals surface area (Å²) in [6, 6.07) is 6.02. The molecule has 2 aromatic rings. The predicted molar refractivity (Wildman–Crippen MR) is 77.6 cm³/mol. The van der Waals surface area contributed by atoms with E-state index in [1.54, 1.807) is 12.1 Å². The van der Waals surface area contributed by atoms with Crippen LogP contribution in [0.25, 0.3) is 10.9 Å². The van der Waals surface area contributed by atoms with Crippen LogP contribution in [0.4, 0.5) is 4.39 Å². The molecular weight excluding hydrogens is 271 g/mol. The summed E-state index contributed by atoms with van der Waals surface area (Å²) in [4.78, 5) is 16.3. The van der Waals surface area contributed by atoms with E-state index in [-0.39, 0.29) is 11.7 Å². The highest BCUT2D eigenvalue weighted by Gasteiger charge is 2.15. The summed E-state index contributed by atoms with van der Waals surface area (Å²) in [5.74, 6) is -0.0298. The van der Waals surface area contributed by atoms with Gasteiger partial charge in [0.05, 0.1) is 11.1 Å². The van der Waals surface area contributed by atoms with Crippen molar-refractivity contribution >= 4 is 16.8 Å². The van der Waals surface area contributed by atoms with Gasteiger partial charge in [-0.1, -0.05) is 0 Å². The van der Waals surface area contributed by atoms with Crippen molar-refractivity contribution in [2.45, 2.75) is 12.8 Å². The molecule has 1 amide bonds. The van der Waals surface area contributed by atoms with E-state index in [0.29, 0.717) is 28.9 Å². The lowest BCUT2D eigenvalue weighted by Crippen LogP contribution is -2.32. The molecule has 4 nitrogen and oxygen atoms in total. The van der Waals surface area contributed by atoms with Gasteiger partial charge in [0.1, 0.15) is 5.82 Å². The van der Waals surface area contributed by atoms with Crippen molar-refractivity contribution in [3.05, 3.63) is 41.8 Å². The number of ether oxygens (including phenoxy) is 1. The van der Waals surface area contributed by atoms with Crippen LogP contribution in [-0.2, 0) is 4.74 Å². The third-order valence-electron chi connectivity index (χ3n) is 3.80. The first-order valence-corrected chi connectivity index (χ1v) is 7.13. The number of amides is 1. The van der Waals surface area contributed by atoms with E-state index in [2.05, 4.69) is 10.3 Å². The summed E-state index contributed by atoms with van der Waals surface area (Å²) >= 11 is 0. The number of hydrogen-bond donors (Lipinski definition) is 1. The van der Waals surface area contributed by atoms with Gasteiger partial charge in [-0.25, -0.2) is 4.39 Å². The normalized spacial score (nSPS) is 16.0. The Bertz CT molecular complexity index is 654. The van der Waals surface area contributed by atoms with Crippen molar-refractivity contribution in [1.29, 1.82) is 0 Å². The molecule has 3 rings (SSSR count). The zero-order chi connectivity index (χ0) is 14.7. The van der Waals surface area contributed by atoms with Crippen LogP contribution in [0.3, 0.4) is 0 Å². The van der Waals surface area contributed by atoms with E-state index < -0.39 is 0 Å². The summed E-state index contributed by atoms with van der Waals surface area (Å²) in [6.45, 7) is 2.16. The zero-order valence-electron chi connectivity index (χ0n) is 11.6. The number of halogens is 1. The van der Waals surface area contributed by atoms with Crippen LogP contribution >= 0.6 is 0 Å². The Morgan fingerprint density at radius 1 is 1.33 bits per heavy atom. The number of pyridine rings is 1. The van der Waals surface area contributed by atoms with E-state index in [0.717, 1.165) is 26.1 Å². The summed E-state index contributed by atoms with van der Waals surface area (Å²) in [5, 5.41) is 3.55. The third-order valence-corrected chi connectivity index (χ3v) is 3.80. The van der Waals surface area contributed by atoms with Crippen LogP contribution in [0.5, 0.6) is 0 Å². The molecule has 21 heavy (non-hydrogen) atoms. The summed E-state index contributed by atoms with van der Waals surface area (Å²) < 4.78 is 18.5. The second-order valence-electron chi connectivity index (χ2n) is 5.33. The highest BCUT2D eigenvalue weighted by atomic mass is 19.1. The van der Waals surface area contributed by atoms with Gasteiger partial charge in [0.2, 0.25) is 0 Å². The third kappa shape index (κ3) is 3.36. The molecule has 1 aromatic heterocycles. The van der Waals surface area contributed by atoms with Gasteiger partial charge in [-0.15, -0.1) is 0 Å². The first kappa shape index (κ1) is 13.9. The van der Waals surface area contributed by atoms with Crippen molar-refractivity contribution in [2.75, 3.05) is 19.8 Å². The highest BCUT2D eigenvalue weighted by molar-refractivity contribution is 5.97. The molecule has 1 fully saturated rings. The number of aromatic nitrogens is 1. The molecule has 110 valence electrons. The quantitative estimate of drug-likeness (QED) is 0.944. The standard InChI is InChI=1S/C16H17FN2O2/c17-14-1-2-15-12(8-14)7-13(10-18-15)16(20)19-9-11-3-5-21-6-4-11/h1-2,7-8,10-11H,3-6,9H2,(H,19,20). The van der Waals surface area contributed by atoms with E-state index in [4.69, 9.17) is 4.74 Å². The Labute approximate surface area is 122 Å². The number of nitrogens with one attached hydrogen (secondary N) is 1. The monoisotopic (exact) mass is 288 g/mol. The zero-order valence-corrected chi connectivity index (χ0v) is 11.6. The SMILES string of the molecule is O=C(NCC1CCOCC1)c1cnc2ccc(F)cc2c1. The molecular formula is C16H17FN2O2. The number of rotatable bonds is 3. The molecule has 0 bridgehead atoms. The number of carbonyl (C=O) groups is 1. The molecule has 0 spiro atoms. The van der Waals surface area contributed by atoms with Crippen molar-refractivity contribution in [2.24, 2.45) is 5.92 Å². The van der Waals surface area contributed by atoms with Crippen LogP contribution in [0.2, 0.25) is 0 Å². The Hall–Kier alpha value is -2.01. The molecule has 1 aliphatic rings. The van der Waals surface area contributed by atoms with E-state index in [1.807, 2.05) is 0 Å². The summed E-state index contributed by atoms with van der Waals surface area (Å²) in [7, 11) is 0. The van der Waals surface area contributed by atoms with Gasteiger partial charge in [0, 0.05) is 31.3 Å². The average molecular weight is 288 g/mol. The lowest BCUT2D eigenvalue weighted by Gasteiger charge is -2.22. The van der Waals surface area contributed by atoms with Crippen LogP contribution in [0, 0.1) is 11.7 Å². The number of carbonyl (C=O) groups excluding carboxylic acids is 1. The molecule has 1 saturated heterocycles. The number of hydrogen-bond acceptors (Lipinski definition) is 3. The Morgan fingerprint density at radius 2 is 2.14 bits per heavy atom. The fourth-order valence-corrected chi connectivity index (χ4v) is 2.52. The molecule has 2 heterocycles. The van der Waals surface area contributed by atoms with Gasteiger partial charge in [0.25, 0.3) is 5.91 Å². The molecule has 0 aliphatic carbocycles. The lowest BCUT2D eigenvalue weighted by atomic mass is 10.0. The molecule has 1 N–H and O–H groups in total. The van der Waals surface area contributed by atoms with E-state index in [9.17, 15) is 9.18 Å². The molecule has 0 atom stereocenters. The van der Waals surface area contributed by atoms with E-state index >= 15 is 0 Å². The average Bonchev–Trinajstić information content (AvgIpc) is 2.53. The highest BCUT2D eigenvalue weighted by Crippen LogP contribution is 2.16. The van der Waals surface area contributed by atoms with Crippen molar-refractivity contribution < 1.29 is 13.9 Å². The molecule has 0 radical (unpaired) electrons. The number of nitrogens with zero attached hydrogens (tertiary/aromatic N) is 1. The Kier molecular flexibility index (Phi) is 4.10. The molecule has 1 aromatic carbocycles. The van der Waals surface area contributed by atoms with Gasteiger partial charge in [-0.3, -0.25) is 9.78 Å². The maximum atomic E-state index is 13.2. The van der Waals surface area contributed by atoms with Gasteiger partial charge < -0.3 is 10.1 Å². The van der Waals surface area contributed by atoms with Crippen molar-refractivity contribution in [1.82, 2.24) is 10.3 Å². The summed E-state index contributed by atoms with van der Waals surface area (Å²) in [6.07, 6.45) is 3.47. The number of benzene rings is 1. The van der Waals surface area contributed by atoms with Gasteiger partial charge >= 0.3 is 0 Å². The molecule has 0 unspecified atom stereocenters. The largest absolute Gasteiger partial charge is 0.381 e. The minimum atomic E-state index is -0.330. The topological polar surface area (TPSA) is 51.2 Å². The van der Waals surface area contributed by atoms with Crippen LogP contribution < -0.4 is 5.32 Å². The van der Waals surface area contributed by atoms with Gasteiger partial charge in [-0.2, -0.15) is 0 Å². The lowest BCUT2D eigenvalue weighted by molar-refractivity contribution is 0.0642. The number of fused-ring (bicyclic) bond motifs is 1. The maximum Gasteiger partial charge on any atom is 0.252 e.